The van der Waals surface area contributed by atoms with Crippen LogP contribution in [0.25, 0.3) is 33.4 Å². The van der Waals surface area contributed by atoms with Crippen molar-refractivity contribution in [3.05, 3.63) is 95.7 Å². The molecule has 0 spiro atoms. The summed E-state index contributed by atoms with van der Waals surface area (Å²) in [7, 11) is 3.32. The lowest BCUT2D eigenvalue weighted by atomic mass is 9.96. The maximum Gasteiger partial charge on any atom is 0.297 e. The SMILES string of the molecule is CCOc1nc2cccc(COC)c2n1Cc1ccc(-c2cc(-c3cc(OC)ccn3)ccc2C#N)cc1. The van der Waals surface area contributed by atoms with Crippen molar-refractivity contribution < 1.29 is 14.2 Å². The van der Waals surface area contributed by atoms with Crippen LogP contribution in [0.4, 0.5) is 0 Å². The number of fused-ring (bicyclic) bond motifs is 1. The summed E-state index contributed by atoms with van der Waals surface area (Å²) in [5, 5.41) is 9.78. The lowest BCUT2D eigenvalue weighted by Crippen LogP contribution is -2.06. The van der Waals surface area contributed by atoms with Crippen LogP contribution in [0.1, 0.15) is 23.6 Å². The van der Waals surface area contributed by atoms with E-state index >= 15 is 0 Å². The first-order valence-corrected chi connectivity index (χ1v) is 12.4. The minimum Gasteiger partial charge on any atom is -0.497 e. The van der Waals surface area contributed by atoms with Crippen molar-refractivity contribution in [1.82, 2.24) is 14.5 Å². The number of rotatable bonds is 9. The zero-order chi connectivity index (χ0) is 26.5. The molecular weight excluding hydrogens is 476 g/mol. The molecule has 7 nitrogen and oxygen atoms in total. The fourth-order valence-electron chi connectivity index (χ4n) is 4.60. The molecule has 0 atom stereocenters. The standard InChI is InChI=1S/C31H28N4O3/c1-4-38-31-34-28-7-5-6-25(20-36-2)30(28)35(31)19-21-8-10-22(11-9-21)27-16-23(12-13-24(27)18-32)29-17-26(37-3)14-15-33-29/h5-17H,4,19-20H2,1-3H3. The summed E-state index contributed by atoms with van der Waals surface area (Å²) in [6.07, 6.45) is 1.72. The van der Waals surface area contributed by atoms with E-state index in [0.717, 1.165) is 50.3 Å². The molecule has 0 unspecified atom stereocenters. The lowest BCUT2D eigenvalue weighted by Gasteiger charge is -2.13. The van der Waals surface area contributed by atoms with Crippen LogP contribution in [0.2, 0.25) is 0 Å². The van der Waals surface area contributed by atoms with Gasteiger partial charge in [0, 0.05) is 36.1 Å². The quantitative estimate of drug-likeness (QED) is 0.236. The smallest absolute Gasteiger partial charge is 0.297 e. The maximum atomic E-state index is 9.78. The first-order valence-electron chi connectivity index (χ1n) is 12.4. The van der Waals surface area contributed by atoms with Crippen LogP contribution in [0.15, 0.2) is 79.0 Å². The molecule has 190 valence electrons. The van der Waals surface area contributed by atoms with Crippen LogP contribution in [0.3, 0.4) is 0 Å². The van der Waals surface area contributed by atoms with Gasteiger partial charge < -0.3 is 14.2 Å². The van der Waals surface area contributed by atoms with Crippen molar-refractivity contribution in [2.75, 3.05) is 20.8 Å². The molecule has 0 bridgehead atoms. The Labute approximate surface area is 221 Å². The van der Waals surface area contributed by atoms with Gasteiger partial charge in [-0.3, -0.25) is 9.55 Å². The van der Waals surface area contributed by atoms with Crippen LogP contribution in [0.5, 0.6) is 11.8 Å². The Morgan fingerprint density at radius 1 is 0.947 bits per heavy atom. The van der Waals surface area contributed by atoms with E-state index in [1.54, 1.807) is 20.4 Å². The minimum absolute atomic E-state index is 0.489. The van der Waals surface area contributed by atoms with Gasteiger partial charge in [-0.2, -0.15) is 10.2 Å². The van der Waals surface area contributed by atoms with Gasteiger partial charge in [0.25, 0.3) is 6.01 Å². The Kier molecular flexibility index (Phi) is 7.34. The highest BCUT2D eigenvalue weighted by Gasteiger charge is 2.16. The summed E-state index contributed by atoms with van der Waals surface area (Å²) in [6, 6.07) is 26.6. The summed E-state index contributed by atoms with van der Waals surface area (Å²) < 4.78 is 18.8. The van der Waals surface area contributed by atoms with Crippen LogP contribution in [-0.4, -0.2) is 35.4 Å². The van der Waals surface area contributed by atoms with E-state index < -0.39 is 0 Å². The molecule has 0 saturated heterocycles. The Bertz CT molecular complexity index is 1620. The van der Waals surface area contributed by atoms with Gasteiger partial charge in [0.15, 0.2) is 0 Å². The lowest BCUT2D eigenvalue weighted by molar-refractivity contribution is 0.185. The molecule has 7 heteroatoms. The van der Waals surface area contributed by atoms with Crippen LogP contribution >= 0.6 is 0 Å². The van der Waals surface area contributed by atoms with Crippen molar-refractivity contribution in [3.8, 4) is 40.2 Å². The highest BCUT2D eigenvalue weighted by atomic mass is 16.5. The van der Waals surface area contributed by atoms with Crippen LogP contribution < -0.4 is 9.47 Å². The largest absolute Gasteiger partial charge is 0.497 e. The predicted octanol–water partition coefficient (Wildman–Crippen LogP) is 6.24. The number of hydrogen-bond donors (Lipinski definition) is 0. The number of imidazole rings is 1. The van der Waals surface area contributed by atoms with Gasteiger partial charge in [0.2, 0.25) is 0 Å². The van der Waals surface area contributed by atoms with Crippen LogP contribution in [-0.2, 0) is 17.9 Å². The van der Waals surface area contributed by atoms with E-state index in [-0.39, 0.29) is 0 Å². The van der Waals surface area contributed by atoms with E-state index in [1.807, 2.05) is 61.5 Å². The number of para-hydroxylation sites is 1. The first-order chi connectivity index (χ1) is 18.6. The number of ether oxygens (including phenoxy) is 3. The molecule has 3 aromatic carbocycles. The Morgan fingerprint density at radius 3 is 2.50 bits per heavy atom. The fourth-order valence-corrected chi connectivity index (χ4v) is 4.60. The predicted molar refractivity (Wildman–Crippen MR) is 147 cm³/mol. The zero-order valence-corrected chi connectivity index (χ0v) is 21.6. The third kappa shape index (κ3) is 4.95. The maximum absolute atomic E-state index is 9.78. The monoisotopic (exact) mass is 504 g/mol. The second kappa shape index (κ2) is 11.2. The average molecular weight is 505 g/mol. The third-order valence-corrected chi connectivity index (χ3v) is 6.40. The van der Waals surface area contributed by atoms with E-state index in [2.05, 4.69) is 33.8 Å². The van der Waals surface area contributed by atoms with E-state index in [1.165, 1.54) is 0 Å². The summed E-state index contributed by atoms with van der Waals surface area (Å²) in [5.41, 5.74) is 8.14. The van der Waals surface area contributed by atoms with Gasteiger partial charge in [-0.15, -0.1) is 0 Å². The van der Waals surface area contributed by atoms with Gasteiger partial charge in [-0.25, -0.2) is 0 Å². The van der Waals surface area contributed by atoms with Gasteiger partial charge in [0.05, 0.1) is 55.2 Å². The number of pyridine rings is 1. The molecule has 5 rings (SSSR count). The molecule has 0 amide bonds. The summed E-state index contributed by atoms with van der Waals surface area (Å²) in [6.45, 7) is 3.56. The topological polar surface area (TPSA) is 82.2 Å². The molecule has 0 radical (unpaired) electrons. The third-order valence-electron chi connectivity index (χ3n) is 6.40. The van der Waals surface area contributed by atoms with Gasteiger partial charge in [-0.1, -0.05) is 42.5 Å². The molecule has 5 aromatic rings. The molecule has 0 saturated carbocycles. The first kappa shape index (κ1) is 25.0. The second-order valence-corrected chi connectivity index (χ2v) is 8.78. The zero-order valence-electron chi connectivity index (χ0n) is 21.6. The van der Waals surface area contributed by atoms with Crippen molar-refractivity contribution in [2.24, 2.45) is 0 Å². The van der Waals surface area contributed by atoms with Gasteiger partial charge >= 0.3 is 0 Å². The molecule has 0 aliphatic carbocycles. The van der Waals surface area contributed by atoms with Crippen molar-refractivity contribution in [1.29, 1.82) is 5.26 Å². The number of benzene rings is 3. The molecule has 2 heterocycles. The van der Waals surface area contributed by atoms with E-state index in [0.29, 0.717) is 31.3 Å². The van der Waals surface area contributed by atoms with Crippen LogP contribution in [0, 0.1) is 11.3 Å². The average Bonchev–Trinajstić information content (AvgIpc) is 3.31. The number of methoxy groups -OCH3 is 2. The molecule has 0 aliphatic rings. The van der Waals surface area contributed by atoms with Gasteiger partial charge in [-0.05, 0) is 42.3 Å². The molecule has 0 fully saturated rings. The fraction of sp³-hybridized carbons (Fsp3) is 0.194. The minimum atomic E-state index is 0.489. The number of aromatic nitrogens is 3. The van der Waals surface area contributed by atoms with Crippen molar-refractivity contribution in [2.45, 2.75) is 20.1 Å². The molecule has 0 aliphatic heterocycles. The van der Waals surface area contributed by atoms with Gasteiger partial charge in [0.1, 0.15) is 5.75 Å². The Hall–Kier alpha value is -4.67. The molecule has 0 N–H and O–H groups in total. The van der Waals surface area contributed by atoms with E-state index in [9.17, 15) is 5.26 Å². The second-order valence-electron chi connectivity index (χ2n) is 8.78. The molecule has 2 aromatic heterocycles. The number of hydrogen-bond acceptors (Lipinski definition) is 6. The van der Waals surface area contributed by atoms with E-state index in [4.69, 9.17) is 19.2 Å². The summed E-state index contributed by atoms with van der Waals surface area (Å²) in [4.78, 5) is 9.19. The summed E-state index contributed by atoms with van der Waals surface area (Å²) >= 11 is 0. The Balaban J connectivity index is 1.50. The summed E-state index contributed by atoms with van der Waals surface area (Å²) in [5.74, 6) is 0.734. The number of nitrogens with zero attached hydrogens (tertiary/aromatic N) is 4. The molecule has 38 heavy (non-hydrogen) atoms. The highest BCUT2D eigenvalue weighted by molar-refractivity contribution is 5.81. The number of nitriles is 1. The van der Waals surface area contributed by atoms with Crippen molar-refractivity contribution >= 4 is 11.0 Å². The normalized spacial score (nSPS) is 10.9. The van der Waals surface area contributed by atoms with Crippen molar-refractivity contribution in [3.63, 3.8) is 0 Å². The Morgan fingerprint density at radius 2 is 1.76 bits per heavy atom. The highest BCUT2D eigenvalue weighted by Crippen LogP contribution is 2.31. The molecular formula is C31H28N4O3.